The molecule has 0 radical (unpaired) electrons. The maximum atomic E-state index is 13.9. The third kappa shape index (κ3) is 5.21. The molecule has 9 rings (SSSR count). The number of carboxylic acid groups (broad SMARTS) is 1. The number of carbonyl (C=O) groups excluding carboxylic acids is 1. The van der Waals surface area contributed by atoms with Gasteiger partial charge in [0.15, 0.2) is 5.65 Å². The molecule has 0 spiro atoms. The van der Waals surface area contributed by atoms with E-state index >= 15 is 0 Å². The number of aromatic nitrogens is 4. The Bertz CT molecular complexity index is 2360. The molecular weight excluding hydrogens is 661 g/mol. The van der Waals surface area contributed by atoms with E-state index < -0.39 is 11.6 Å². The van der Waals surface area contributed by atoms with Crippen molar-refractivity contribution in [3.05, 3.63) is 155 Å². The molecule has 2 fully saturated rings. The predicted octanol–water partition coefficient (Wildman–Crippen LogP) is 8.23. The number of amides is 2. The SMILES string of the molecule is CC(C)c1c(-c2ccnc3c2cnn3C(c2ccccc2)(c2ccccc2)c2ccccc2)[nH]c2ccc(C(=O)N3CC4CN(C(=O)O)CC4C3)cc12. The first kappa shape index (κ1) is 32.7. The van der Waals surface area contributed by atoms with Crippen molar-refractivity contribution in [1.29, 1.82) is 0 Å². The lowest BCUT2D eigenvalue weighted by Gasteiger charge is -2.36. The van der Waals surface area contributed by atoms with Crippen LogP contribution in [0.4, 0.5) is 4.79 Å². The van der Waals surface area contributed by atoms with Crippen LogP contribution in [0.15, 0.2) is 128 Å². The van der Waals surface area contributed by atoms with Gasteiger partial charge in [0.2, 0.25) is 0 Å². The average Bonchev–Trinajstić information content (AvgIpc) is 3.98. The molecule has 2 aliphatic rings. The summed E-state index contributed by atoms with van der Waals surface area (Å²) in [5.41, 5.74) is 7.87. The van der Waals surface area contributed by atoms with Crippen LogP contribution in [-0.4, -0.2) is 72.8 Å². The largest absolute Gasteiger partial charge is 0.465 e. The van der Waals surface area contributed by atoms with Gasteiger partial charge in [-0.05, 0) is 52.4 Å². The highest BCUT2D eigenvalue weighted by Crippen LogP contribution is 2.44. The van der Waals surface area contributed by atoms with Gasteiger partial charge < -0.3 is 19.9 Å². The number of likely N-dealkylation sites (tertiary alicyclic amines) is 2. The minimum absolute atomic E-state index is 0.00714. The van der Waals surface area contributed by atoms with Crippen LogP contribution < -0.4 is 0 Å². The quantitative estimate of drug-likeness (QED) is 0.163. The van der Waals surface area contributed by atoms with Gasteiger partial charge in [-0.3, -0.25) is 4.79 Å². The summed E-state index contributed by atoms with van der Waals surface area (Å²) in [5, 5.41) is 16.6. The zero-order valence-electron chi connectivity index (χ0n) is 29.7. The summed E-state index contributed by atoms with van der Waals surface area (Å²) in [4.78, 5) is 37.5. The summed E-state index contributed by atoms with van der Waals surface area (Å²) in [6, 6.07) is 39.5. The van der Waals surface area contributed by atoms with E-state index in [1.54, 1.807) is 0 Å². The minimum atomic E-state index is -0.881. The van der Waals surface area contributed by atoms with Crippen molar-refractivity contribution in [3.8, 4) is 11.3 Å². The van der Waals surface area contributed by atoms with Crippen molar-refractivity contribution in [3.63, 3.8) is 0 Å². The Labute approximate surface area is 307 Å². The van der Waals surface area contributed by atoms with Gasteiger partial charge in [-0.15, -0.1) is 0 Å². The fraction of sp³-hybridized carbons (Fsp3) is 0.227. The van der Waals surface area contributed by atoms with Gasteiger partial charge in [0, 0.05) is 71.6 Å². The summed E-state index contributed by atoms with van der Waals surface area (Å²) in [7, 11) is 0. The molecule has 0 aliphatic carbocycles. The average molecular weight is 701 g/mol. The van der Waals surface area contributed by atoms with E-state index in [1.165, 1.54) is 4.90 Å². The van der Waals surface area contributed by atoms with Crippen molar-refractivity contribution in [2.75, 3.05) is 26.2 Å². The molecule has 2 amide bonds. The lowest BCUT2D eigenvalue weighted by Crippen LogP contribution is -2.38. The molecule has 2 atom stereocenters. The van der Waals surface area contributed by atoms with Gasteiger partial charge in [-0.1, -0.05) is 105 Å². The van der Waals surface area contributed by atoms with E-state index in [9.17, 15) is 14.7 Å². The van der Waals surface area contributed by atoms with Crippen LogP contribution in [0.3, 0.4) is 0 Å². The van der Waals surface area contributed by atoms with Crippen LogP contribution in [0, 0.1) is 11.8 Å². The van der Waals surface area contributed by atoms with Crippen LogP contribution in [-0.2, 0) is 5.54 Å². The molecule has 3 aromatic heterocycles. The monoisotopic (exact) mass is 700 g/mol. The molecule has 2 aliphatic heterocycles. The first-order valence-electron chi connectivity index (χ1n) is 18.3. The molecule has 2 N–H and O–H groups in total. The van der Waals surface area contributed by atoms with E-state index in [2.05, 4.69) is 102 Å². The molecule has 2 unspecified atom stereocenters. The van der Waals surface area contributed by atoms with Gasteiger partial charge >= 0.3 is 6.09 Å². The molecule has 0 bridgehead atoms. The van der Waals surface area contributed by atoms with E-state index in [0.717, 1.165) is 55.4 Å². The maximum absolute atomic E-state index is 13.9. The fourth-order valence-electron chi connectivity index (χ4n) is 8.95. The Morgan fingerprint density at radius 3 is 1.87 bits per heavy atom. The van der Waals surface area contributed by atoms with Crippen LogP contribution in [0.5, 0.6) is 0 Å². The van der Waals surface area contributed by atoms with Crippen molar-refractivity contribution in [2.45, 2.75) is 25.3 Å². The molecular formula is C44H40N6O3. The normalized spacial score (nSPS) is 17.3. The number of hydrogen-bond acceptors (Lipinski definition) is 4. The Kier molecular flexibility index (Phi) is 7.87. The lowest BCUT2D eigenvalue weighted by atomic mass is 9.77. The molecule has 264 valence electrons. The molecule has 0 saturated carbocycles. The topological polar surface area (TPSA) is 107 Å². The lowest BCUT2D eigenvalue weighted by molar-refractivity contribution is 0.0774. The first-order chi connectivity index (χ1) is 25.8. The van der Waals surface area contributed by atoms with Crippen LogP contribution in [0.1, 0.15) is 52.4 Å². The molecule has 4 aromatic carbocycles. The summed E-state index contributed by atoms with van der Waals surface area (Å²) >= 11 is 0. The highest BCUT2D eigenvalue weighted by molar-refractivity contribution is 6.03. The second-order valence-electron chi connectivity index (χ2n) is 14.7. The third-order valence-electron chi connectivity index (χ3n) is 11.3. The Hall–Kier alpha value is -6.22. The number of H-pyrrole nitrogens is 1. The Morgan fingerprint density at radius 1 is 0.755 bits per heavy atom. The number of fused-ring (bicyclic) bond motifs is 3. The van der Waals surface area contributed by atoms with Crippen molar-refractivity contribution >= 4 is 33.9 Å². The minimum Gasteiger partial charge on any atom is -0.465 e. The summed E-state index contributed by atoms with van der Waals surface area (Å²) in [6.07, 6.45) is 2.91. The smallest absolute Gasteiger partial charge is 0.407 e. The molecule has 5 heterocycles. The van der Waals surface area contributed by atoms with Gasteiger partial charge in [0.1, 0.15) is 5.54 Å². The zero-order chi connectivity index (χ0) is 36.3. The highest BCUT2D eigenvalue weighted by Gasteiger charge is 2.44. The van der Waals surface area contributed by atoms with Crippen LogP contribution >= 0.6 is 0 Å². The number of pyridine rings is 1. The molecule has 2 saturated heterocycles. The third-order valence-corrected chi connectivity index (χ3v) is 11.3. The standard InChI is InChI=1S/C44H40N6O3/c1-28(2)39-36-22-29(42(51)48-24-30-26-49(43(52)53)27-31(30)25-48)18-19-38(36)47-40(39)35-20-21-45-41-37(35)23-46-50(41)44(32-12-6-3-7-13-32,33-14-8-4-9-15-33)34-16-10-5-11-17-34/h3-23,28,30-31,47H,24-27H2,1-2H3,(H,52,53). The van der Waals surface area contributed by atoms with Gasteiger partial charge in [-0.2, -0.15) is 5.10 Å². The number of nitrogens with one attached hydrogen (secondary N) is 1. The number of carbonyl (C=O) groups is 2. The maximum Gasteiger partial charge on any atom is 0.407 e. The second-order valence-corrected chi connectivity index (χ2v) is 14.7. The van der Waals surface area contributed by atoms with Crippen LogP contribution in [0.2, 0.25) is 0 Å². The Morgan fingerprint density at radius 2 is 1.32 bits per heavy atom. The molecule has 53 heavy (non-hydrogen) atoms. The molecule has 9 heteroatoms. The number of rotatable bonds is 7. The summed E-state index contributed by atoms with van der Waals surface area (Å²) in [5.74, 6) is 0.506. The number of aromatic amines is 1. The van der Waals surface area contributed by atoms with Gasteiger partial charge in [0.25, 0.3) is 5.91 Å². The van der Waals surface area contributed by atoms with Crippen LogP contribution in [0.25, 0.3) is 33.2 Å². The van der Waals surface area contributed by atoms with Crippen molar-refractivity contribution in [1.82, 2.24) is 29.5 Å². The number of benzene rings is 4. The highest BCUT2D eigenvalue weighted by atomic mass is 16.4. The van der Waals surface area contributed by atoms with E-state index in [-0.39, 0.29) is 23.7 Å². The van der Waals surface area contributed by atoms with Gasteiger partial charge in [-0.25, -0.2) is 14.5 Å². The van der Waals surface area contributed by atoms with Crippen molar-refractivity contribution in [2.24, 2.45) is 11.8 Å². The van der Waals surface area contributed by atoms with Crippen molar-refractivity contribution < 1.29 is 14.7 Å². The van der Waals surface area contributed by atoms with E-state index in [4.69, 9.17) is 10.1 Å². The molecule has 7 aromatic rings. The first-order valence-corrected chi connectivity index (χ1v) is 18.3. The summed E-state index contributed by atoms with van der Waals surface area (Å²) in [6.45, 7) is 6.50. The predicted molar refractivity (Wildman–Crippen MR) is 206 cm³/mol. The van der Waals surface area contributed by atoms with E-state index in [1.807, 2.05) is 53.7 Å². The zero-order valence-corrected chi connectivity index (χ0v) is 29.7. The Balaban J connectivity index is 1.17. The number of hydrogen-bond donors (Lipinski definition) is 2. The number of nitrogens with zero attached hydrogens (tertiary/aromatic N) is 5. The van der Waals surface area contributed by atoms with Gasteiger partial charge in [0.05, 0.1) is 11.9 Å². The second kappa shape index (κ2) is 12.8. The summed E-state index contributed by atoms with van der Waals surface area (Å²) < 4.78 is 2.07. The molecule has 9 nitrogen and oxygen atoms in total. The fourth-order valence-corrected chi connectivity index (χ4v) is 8.95. The van der Waals surface area contributed by atoms with E-state index in [0.29, 0.717) is 31.7 Å².